The van der Waals surface area contributed by atoms with Crippen molar-refractivity contribution in [2.75, 3.05) is 0 Å². The molecular weight excluding hydrogens is 200 g/mol. The van der Waals surface area contributed by atoms with Crippen LogP contribution in [0.5, 0.6) is 0 Å². The molecule has 1 N–H and O–H groups in total. The fraction of sp³-hybridized carbons (Fsp3) is 0. The summed E-state index contributed by atoms with van der Waals surface area (Å²) >= 11 is 5.68. The van der Waals surface area contributed by atoms with Crippen LogP contribution in [0.15, 0.2) is 29.3 Å². The Morgan fingerprint density at radius 1 is 1.29 bits per heavy atom. The molecule has 1 aromatic carbocycles. The van der Waals surface area contributed by atoms with Crippen molar-refractivity contribution in [1.82, 2.24) is 5.32 Å². The van der Waals surface area contributed by atoms with Gasteiger partial charge in [-0.1, -0.05) is 11.6 Å². The molecule has 0 atom stereocenters. The molecular formula is C9H5ClN4. The van der Waals surface area contributed by atoms with Gasteiger partial charge in [-0.15, -0.1) is 0 Å². The number of amidine groups is 1. The summed E-state index contributed by atoms with van der Waals surface area (Å²) in [6.07, 6.45) is 3.31. The summed E-state index contributed by atoms with van der Waals surface area (Å²) in [4.78, 5) is 3.46. The number of hydrogen-bond donors (Lipinski definition) is 1. The van der Waals surface area contributed by atoms with Crippen LogP contribution in [0.2, 0.25) is 5.02 Å². The topological polar surface area (TPSA) is 72.0 Å². The molecule has 5 heteroatoms. The van der Waals surface area contributed by atoms with Crippen LogP contribution in [0.3, 0.4) is 0 Å². The summed E-state index contributed by atoms with van der Waals surface area (Å²) in [5.41, 5.74) is 0.637. The van der Waals surface area contributed by atoms with Gasteiger partial charge in [0.05, 0.1) is 0 Å². The fourth-order valence-electron chi connectivity index (χ4n) is 0.875. The number of rotatable bonds is 1. The first kappa shape index (κ1) is 10.0. The molecule has 0 saturated carbocycles. The van der Waals surface area contributed by atoms with Crippen LogP contribution in [0, 0.1) is 22.9 Å². The molecule has 0 heterocycles. The second-order valence-electron chi connectivity index (χ2n) is 2.30. The lowest BCUT2D eigenvalue weighted by molar-refractivity contribution is 1.24. The quantitative estimate of drug-likeness (QED) is 0.327. The van der Waals surface area contributed by atoms with Crippen molar-refractivity contribution in [2.24, 2.45) is 4.99 Å². The Morgan fingerprint density at radius 2 is 1.93 bits per heavy atom. The van der Waals surface area contributed by atoms with Gasteiger partial charge in [0.15, 0.2) is 12.0 Å². The van der Waals surface area contributed by atoms with E-state index in [1.165, 1.54) is 0 Å². The number of halogens is 1. The monoisotopic (exact) mass is 204 g/mol. The molecule has 1 aromatic rings. The molecule has 0 bridgehead atoms. The third-order valence-corrected chi connectivity index (χ3v) is 1.71. The molecule has 0 radical (unpaired) electrons. The van der Waals surface area contributed by atoms with Crippen molar-refractivity contribution in [3.63, 3.8) is 0 Å². The summed E-state index contributed by atoms with van der Waals surface area (Å²) < 4.78 is 0. The Labute approximate surface area is 86.1 Å². The maximum Gasteiger partial charge on any atom is 0.207 e. The van der Waals surface area contributed by atoms with Crippen molar-refractivity contribution >= 4 is 17.4 Å². The molecule has 1 rings (SSSR count). The minimum atomic E-state index is 0.215. The Bertz CT molecular complexity index is 422. The van der Waals surface area contributed by atoms with Crippen LogP contribution in [0.4, 0.5) is 0 Å². The Kier molecular flexibility index (Phi) is 3.49. The van der Waals surface area contributed by atoms with Gasteiger partial charge in [-0.05, 0) is 24.3 Å². The Balaban J connectivity index is 3.03. The number of nitrogens with one attached hydrogen (secondary N) is 1. The molecule has 0 fully saturated rings. The van der Waals surface area contributed by atoms with Crippen molar-refractivity contribution in [3.8, 4) is 12.4 Å². The molecule has 0 spiro atoms. The first-order valence-corrected chi connectivity index (χ1v) is 4.03. The SMILES string of the molecule is N#CN=C(NC#N)c1ccc(Cl)cc1. The van der Waals surface area contributed by atoms with Gasteiger partial charge in [0.1, 0.15) is 0 Å². The number of aliphatic imine (C=N–C) groups is 1. The molecule has 0 aromatic heterocycles. The van der Waals surface area contributed by atoms with Crippen molar-refractivity contribution in [1.29, 1.82) is 10.5 Å². The van der Waals surface area contributed by atoms with Crippen LogP contribution in [0.1, 0.15) is 5.56 Å². The van der Waals surface area contributed by atoms with Crippen molar-refractivity contribution in [3.05, 3.63) is 34.9 Å². The third-order valence-electron chi connectivity index (χ3n) is 1.45. The maximum atomic E-state index is 8.40. The number of hydrogen-bond acceptors (Lipinski definition) is 3. The van der Waals surface area contributed by atoms with Gasteiger partial charge in [0.2, 0.25) is 6.19 Å². The smallest absolute Gasteiger partial charge is 0.207 e. The maximum absolute atomic E-state index is 8.40. The Hall–Kier alpha value is -2.04. The Morgan fingerprint density at radius 3 is 2.43 bits per heavy atom. The van der Waals surface area contributed by atoms with Gasteiger partial charge in [-0.3, -0.25) is 5.32 Å². The first-order chi connectivity index (χ1) is 6.77. The lowest BCUT2D eigenvalue weighted by atomic mass is 10.2. The molecule has 68 valence electrons. The highest BCUT2D eigenvalue weighted by Crippen LogP contribution is 2.09. The van der Waals surface area contributed by atoms with E-state index in [-0.39, 0.29) is 5.84 Å². The van der Waals surface area contributed by atoms with E-state index in [4.69, 9.17) is 22.1 Å². The van der Waals surface area contributed by atoms with E-state index in [2.05, 4.69) is 10.3 Å². The summed E-state index contributed by atoms with van der Waals surface area (Å²) in [6, 6.07) is 6.65. The van der Waals surface area contributed by atoms with Crippen molar-refractivity contribution in [2.45, 2.75) is 0 Å². The molecule has 0 amide bonds. The molecule has 0 saturated heterocycles. The second kappa shape index (κ2) is 4.86. The van der Waals surface area contributed by atoms with Gasteiger partial charge in [0, 0.05) is 10.6 Å². The molecule has 0 aliphatic carbocycles. The third kappa shape index (κ3) is 2.48. The highest BCUT2D eigenvalue weighted by molar-refractivity contribution is 6.30. The number of nitrogens with zero attached hydrogens (tertiary/aromatic N) is 3. The van der Waals surface area contributed by atoms with Gasteiger partial charge in [-0.2, -0.15) is 15.5 Å². The standard InChI is InChI=1S/C9H5ClN4/c10-8-3-1-7(2-4-8)9(13-5-11)14-6-12/h1-4H,(H,13,14). The summed E-state index contributed by atoms with van der Waals surface area (Å²) in [5, 5.41) is 19.7. The predicted molar refractivity (Wildman–Crippen MR) is 52.4 cm³/mol. The first-order valence-electron chi connectivity index (χ1n) is 3.65. The van der Waals surface area contributed by atoms with Gasteiger partial charge >= 0.3 is 0 Å². The zero-order chi connectivity index (χ0) is 10.4. The second-order valence-corrected chi connectivity index (χ2v) is 2.74. The van der Waals surface area contributed by atoms with Crippen LogP contribution in [0.25, 0.3) is 0 Å². The minimum Gasteiger partial charge on any atom is -0.276 e. The molecule has 0 aliphatic heterocycles. The van der Waals surface area contributed by atoms with Gasteiger partial charge < -0.3 is 0 Å². The lowest BCUT2D eigenvalue weighted by Gasteiger charge is -2.00. The lowest BCUT2D eigenvalue weighted by Crippen LogP contribution is -2.18. The molecule has 0 unspecified atom stereocenters. The van der Waals surface area contributed by atoms with E-state index in [0.29, 0.717) is 10.6 Å². The average Bonchev–Trinajstić information content (AvgIpc) is 2.19. The number of benzene rings is 1. The molecule has 14 heavy (non-hydrogen) atoms. The summed E-state index contributed by atoms with van der Waals surface area (Å²) in [6.45, 7) is 0. The molecule has 4 nitrogen and oxygen atoms in total. The van der Waals surface area contributed by atoms with Gasteiger partial charge in [0.25, 0.3) is 0 Å². The van der Waals surface area contributed by atoms with Crippen LogP contribution in [-0.4, -0.2) is 5.84 Å². The van der Waals surface area contributed by atoms with Crippen LogP contribution < -0.4 is 5.32 Å². The normalized spacial score (nSPS) is 10.1. The summed E-state index contributed by atoms with van der Waals surface area (Å²) in [7, 11) is 0. The van der Waals surface area contributed by atoms with Gasteiger partial charge in [-0.25, -0.2) is 0 Å². The van der Waals surface area contributed by atoms with Crippen LogP contribution >= 0.6 is 11.6 Å². The zero-order valence-corrected chi connectivity index (χ0v) is 7.78. The predicted octanol–water partition coefficient (Wildman–Crippen LogP) is 1.64. The highest BCUT2D eigenvalue weighted by Gasteiger charge is 2.01. The summed E-state index contributed by atoms with van der Waals surface area (Å²) in [5.74, 6) is 0.215. The van der Waals surface area contributed by atoms with E-state index in [1.54, 1.807) is 36.7 Å². The minimum absolute atomic E-state index is 0.215. The zero-order valence-electron chi connectivity index (χ0n) is 7.03. The van der Waals surface area contributed by atoms with E-state index in [9.17, 15) is 0 Å². The molecule has 0 aliphatic rings. The van der Waals surface area contributed by atoms with E-state index >= 15 is 0 Å². The van der Waals surface area contributed by atoms with E-state index < -0.39 is 0 Å². The van der Waals surface area contributed by atoms with E-state index in [1.807, 2.05) is 0 Å². The van der Waals surface area contributed by atoms with E-state index in [0.717, 1.165) is 0 Å². The highest BCUT2D eigenvalue weighted by atomic mass is 35.5. The fourth-order valence-corrected chi connectivity index (χ4v) is 1.00. The largest absolute Gasteiger partial charge is 0.276 e. The number of nitriles is 2. The van der Waals surface area contributed by atoms with Crippen molar-refractivity contribution < 1.29 is 0 Å². The van der Waals surface area contributed by atoms with Crippen LogP contribution in [-0.2, 0) is 0 Å². The average molecular weight is 205 g/mol.